The van der Waals surface area contributed by atoms with E-state index >= 15 is 0 Å². The highest BCUT2D eigenvalue weighted by Gasteiger charge is 2.51. The van der Waals surface area contributed by atoms with Gasteiger partial charge in [-0.2, -0.15) is 0 Å². The molecule has 0 radical (unpaired) electrons. The first-order chi connectivity index (χ1) is 28.3. The van der Waals surface area contributed by atoms with E-state index in [2.05, 4.69) is 194 Å². The van der Waals surface area contributed by atoms with Crippen molar-refractivity contribution in [1.29, 1.82) is 0 Å². The number of nitrogens with zero attached hydrogens (tertiary/aromatic N) is 2. The van der Waals surface area contributed by atoms with Crippen molar-refractivity contribution < 1.29 is 10.2 Å². The summed E-state index contributed by atoms with van der Waals surface area (Å²) in [6.45, 7) is 7.17. The fourth-order valence-electron chi connectivity index (χ4n) is 9.88. The van der Waals surface area contributed by atoms with Crippen LogP contribution in [0.5, 0.6) is 0 Å². The van der Waals surface area contributed by atoms with Crippen molar-refractivity contribution in [1.82, 2.24) is 4.57 Å². The predicted octanol–water partition coefficient (Wildman–Crippen LogP) is 12.9. The second-order valence-corrected chi connectivity index (χ2v) is 16.7. The molecular weight excluding hydrogens is 709 g/mol. The zero-order valence-electron chi connectivity index (χ0n) is 33.1. The fourth-order valence-corrected chi connectivity index (χ4v) is 9.88. The van der Waals surface area contributed by atoms with Crippen molar-refractivity contribution in [3.8, 4) is 27.9 Å². The number of aliphatic hydroxyl groups is 2. The lowest BCUT2D eigenvalue weighted by molar-refractivity contribution is 0.281. The van der Waals surface area contributed by atoms with Gasteiger partial charge in [0.15, 0.2) is 0 Å². The highest BCUT2D eigenvalue weighted by molar-refractivity contribution is 6.10. The van der Waals surface area contributed by atoms with Gasteiger partial charge in [0.25, 0.3) is 0 Å². The Labute approximate surface area is 340 Å². The van der Waals surface area contributed by atoms with Gasteiger partial charge in [-0.05, 0) is 129 Å². The first-order valence-corrected chi connectivity index (χ1v) is 20.2. The van der Waals surface area contributed by atoms with Crippen LogP contribution in [0.25, 0.3) is 49.7 Å². The number of rotatable bonds is 8. The summed E-state index contributed by atoms with van der Waals surface area (Å²) >= 11 is 0. The molecule has 284 valence electrons. The quantitative estimate of drug-likeness (QED) is 0.162. The monoisotopic (exact) mass is 754 g/mol. The third-order valence-corrected chi connectivity index (χ3v) is 12.9. The van der Waals surface area contributed by atoms with E-state index in [1.807, 2.05) is 18.2 Å². The molecule has 2 aliphatic carbocycles. The van der Waals surface area contributed by atoms with Crippen molar-refractivity contribution in [2.45, 2.75) is 44.8 Å². The number of allylic oxidation sites excluding steroid dienone is 4. The summed E-state index contributed by atoms with van der Waals surface area (Å²) in [5, 5.41) is 22.0. The number of aromatic nitrogens is 1. The molecule has 2 aliphatic rings. The Kier molecular flexibility index (Phi) is 8.59. The predicted molar refractivity (Wildman–Crippen MR) is 240 cm³/mol. The standard InChI is InChI=1S/C54H46N2O2/c1-53(2)49-33-45(26-27-48(49)54(3)30-8-7-11-52(53)54)55(42-22-15-39(16-23-42)38-9-5-4-6-10-38)43-24-17-40(18-25-43)41-19-29-51-47(32-41)46-31-37(35-58)14-28-50(46)56(51)44-20-12-36(34-57)13-21-44/h4-33,52,57-58H,34-35H2,1-3H3. The highest BCUT2D eigenvalue weighted by atomic mass is 16.3. The van der Waals surface area contributed by atoms with Crippen LogP contribution in [0.15, 0.2) is 182 Å². The molecule has 2 N–H and O–H groups in total. The average Bonchev–Trinajstić information content (AvgIpc) is 3.69. The summed E-state index contributed by atoms with van der Waals surface area (Å²) < 4.78 is 2.26. The van der Waals surface area contributed by atoms with Crippen LogP contribution in [0.1, 0.15) is 43.0 Å². The fraction of sp³-hybridized carbons (Fsp3) is 0.148. The van der Waals surface area contributed by atoms with E-state index in [4.69, 9.17) is 0 Å². The van der Waals surface area contributed by atoms with Crippen molar-refractivity contribution in [3.05, 3.63) is 204 Å². The molecule has 0 bridgehead atoms. The maximum atomic E-state index is 10.1. The molecule has 4 nitrogen and oxygen atoms in total. The van der Waals surface area contributed by atoms with E-state index in [1.165, 1.54) is 22.3 Å². The number of anilines is 3. The normalized spacial score (nSPS) is 17.8. The molecule has 2 atom stereocenters. The van der Waals surface area contributed by atoms with Crippen LogP contribution in [-0.2, 0) is 24.0 Å². The maximum Gasteiger partial charge on any atom is 0.0682 e. The molecule has 0 saturated heterocycles. The number of hydrogen-bond donors (Lipinski definition) is 2. The minimum absolute atomic E-state index is 0.00873. The summed E-state index contributed by atoms with van der Waals surface area (Å²) in [5.41, 5.74) is 15.7. The minimum atomic E-state index is -0.0342. The number of fused-ring (bicyclic) bond motifs is 6. The summed E-state index contributed by atoms with van der Waals surface area (Å²) in [4.78, 5) is 2.39. The molecule has 0 aliphatic heterocycles. The van der Waals surface area contributed by atoms with Gasteiger partial charge >= 0.3 is 0 Å². The van der Waals surface area contributed by atoms with Crippen LogP contribution in [0.2, 0.25) is 0 Å². The maximum absolute atomic E-state index is 10.1. The third-order valence-electron chi connectivity index (χ3n) is 12.9. The van der Waals surface area contributed by atoms with Crippen LogP contribution >= 0.6 is 0 Å². The van der Waals surface area contributed by atoms with Gasteiger partial charge in [0.05, 0.1) is 24.2 Å². The molecule has 7 aromatic carbocycles. The third kappa shape index (κ3) is 5.74. The van der Waals surface area contributed by atoms with E-state index in [0.717, 1.165) is 66.8 Å². The zero-order valence-corrected chi connectivity index (χ0v) is 33.1. The van der Waals surface area contributed by atoms with E-state index in [9.17, 15) is 10.2 Å². The molecular formula is C54H46N2O2. The lowest BCUT2D eigenvalue weighted by Gasteiger charge is -2.36. The lowest BCUT2D eigenvalue weighted by atomic mass is 9.67. The first-order valence-electron chi connectivity index (χ1n) is 20.2. The Morgan fingerprint density at radius 3 is 1.76 bits per heavy atom. The molecule has 0 fully saturated rings. The van der Waals surface area contributed by atoms with Crippen molar-refractivity contribution >= 4 is 38.9 Å². The van der Waals surface area contributed by atoms with Gasteiger partial charge < -0.3 is 19.7 Å². The molecule has 2 unspecified atom stereocenters. The first kappa shape index (κ1) is 35.9. The van der Waals surface area contributed by atoms with Crippen LogP contribution in [-0.4, -0.2) is 14.8 Å². The van der Waals surface area contributed by atoms with Crippen LogP contribution in [0.4, 0.5) is 17.1 Å². The van der Waals surface area contributed by atoms with Gasteiger partial charge in [0, 0.05) is 38.9 Å². The smallest absolute Gasteiger partial charge is 0.0682 e. The van der Waals surface area contributed by atoms with E-state index in [0.29, 0.717) is 5.92 Å². The molecule has 0 spiro atoms. The Morgan fingerprint density at radius 2 is 1.09 bits per heavy atom. The molecule has 58 heavy (non-hydrogen) atoms. The summed E-state index contributed by atoms with van der Waals surface area (Å²) in [5.74, 6) is 0.390. The second-order valence-electron chi connectivity index (χ2n) is 16.7. The van der Waals surface area contributed by atoms with Crippen molar-refractivity contribution in [3.63, 3.8) is 0 Å². The molecule has 1 heterocycles. The molecule has 4 heteroatoms. The number of benzene rings is 7. The Balaban J connectivity index is 1.07. The SMILES string of the molecule is CC1(C)c2cc(N(c3ccc(-c4ccccc4)cc3)c3ccc(-c4ccc5c(c4)c4cc(CO)ccc4n5-c4ccc(CO)cc4)cc3)ccc2C2(C)C=CC=CC12. The van der Waals surface area contributed by atoms with E-state index in [-0.39, 0.29) is 24.0 Å². The second kappa shape index (κ2) is 13.9. The Hall–Kier alpha value is -6.46. The largest absolute Gasteiger partial charge is 0.392 e. The van der Waals surface area contributed by atoms with Gasteiger partial charge in [0.1, 0.15) is 0 Å². The van der Waals surface area contributed by atoms with Gasteiger partial charge in [0.2, 0.25) is 0 Å². The molecule has 1 aromatic heterocycles. The zero-order chi connectivity index (χ0) is 39.6. The van der Waals surface area contributed by atoms with Crippen LogP contribution in [0.3, 0.4) is 0 Å². The average molecular weight is 755 g/mol. The summed E-state index contributed by atoms with van der Waals surface area (Å²) in [6.07, 6.45) is 9.20. The van der Waals surface area contributed by atoms with Crippen molar-refractivity contribution in [2.75, 3.05) is 4.90 Å². The number of hydrogen-bond acceptors (Lipinski definition) is 3. The van der Waals surface area contributed by atoms with Crippen LogP contribution < -0.4 is 4.90 Å². The van der Waals surface area contributed by atoms with E-state index in [1.54, 1.807) is 0 Å². The van der Waals surface area contributed by atoms with Crippen molar-refractivity contribution in [2.24, 2.45) is 5.92 Å². The van der Waals surface area contributed by atoms with Gasteiger partial charge in [-0.1, -0.05) is 130 Å². The molecule has 8 aromatic rings. The molecule has 0 amide bonds. The minimum Gasteiger partial charge on any atom is -0.392 e. The topological polar surface area (TPSA) is 48.6 Å². The highest BCUT2D eigenvalue weighted by Crippen LogP contribution is 2.57. The van der Waals surface area contributed by atoms with Gasteiger partial charge in [-0.3, -0.25) is 0 Å². The lowest BCUT2D eigenvalue weighted by Crippen LogP contribution is -2.33. The Bertz CT molecular complexity index is 2880. The van der Waals surface area contributed by atoms with E-state index < -0.39 is 0 Å². The molecule has 0 saturated carbocycles. The Morgan fingerprint density at radius 1 is 0.517 bits per heavy atom. The summed E-state index contributed by atoms with van der Waals surface area (Å²) in [7, 11) is 0. The van der Waals surface area contributed by atoms with Gasteiger partial charge in [-0.25, -0.2) is 0 Å². The van der Waals surface area contributed by atoms with Gasteiger partial charge in [-0.15, -0.1) is 0 Å². The molecule has 10 rings (SSSR count). The number of aliphatic hydroxyl groups excluding tert-OH is 2. The summed E-state index contributed by atoms with van der Waals surface area (Å²) in [6, 6.07) is 56.4. The van der Waals surface area contributed by atoms with Crippen LogP contribution in [0, 0.1) is 5.92 Å².